The van der Waals surface area contributed by atoms with Gasteiger partial charge in [0, 0.05) is 31.2 Å². The van der Waals surface area contributed by atoms with E-state index < -0.39 is 0 Å². The van der Waals surface area contributed by atoms with E-state index in [-0.39, 0.29) is 12.5 Å². The van der Waals surface area contributed by atoms with Crippen molar-refractivity contribution in [1.82, 2.24) is 10.2 Å². The van der Waals surface area contributed by atoms with Gasteiger partial charge in [0.2, 0.25) is 5.91 Å². The van der Waals surface area contributed by atoms with Gasteiger partial charge in [-0.1, -0.05) is 0 Å². The zero-order valence-corrected chi connectivity index (χ0v) is 12.2. The Labute approximate surface area is 121 Å². The number of rotatable bonds is 7. The van der Waals surface area contributed by atoms with Crippen molar-refractivity contribution in [3.05, 3.63) is 0 Å². The van der Waals surface area contributed by atoms with Gasteiger partial charge < -0.3 is 19.7 Å². The first kappa shape index (κ1) is 14.3. The largest absolute Gasteiger partial charge is 0.381 e. The van der Waals surface area contributed by atoms with Crippen LogP contribution in [0.4, 0.5) is 0 Å². The Hall–Kier alpha value is -0.650. The number of carbonyl (C=O) groups is 1. The fraction of sp³-hybridized carbons (Fsp3) is 0.933. The highest BCUT2D eigenvalue weighted by Crippen LogP contribution is 2.28. The van der Waals surface area contributed by atoms with Gasteiger partial charge in [-0.15, -0.1) is 0 Å². The summed E-state index contributed by atoms with van der Waals surface area (Å²) in [5.74, 6) is 0.647. The second-order valence-electron chi connectivity index (χ2n) is 6.32. The molecule has 1 amide bonds. The Balaban J connectivity index is 1.40. The molecule has 2 aliphatic heterocycles. The van der Waals surface area contributed by atoms with E-state index in [1.807, 2.05) is 4.90 Å². The summed E-state index contributed by atoms with van der Waals surface area (Å²) in [6, 6.07) is 0.964. The van der Waals surface area contributed by atoms with E-state index >= 15 is 0 Å². The molecule has 1 N–H and O–H groups in total. The van der Waals surface area contributed by atoms with Crippen LogP contribution in [0.25, 0.3) is 0 Å². The lowest BCUT2D eigenvalue weighted by Gasteiger charge is -2.26. The average Bonchev–Trinajstić information content (AvgIpc) is 2.93. The summed E-state index contributed by atoms with van der Waals surface area (Å²) in [6.45, 7) is 4.47. The van der Waals surface area contributed by atoms with E-state index in [0.717, 1.165) is 45.6 Å². The minimum absolute atomic E-state index is 0.167. The molecular weight excluding hydrogens is 256 g/mol. The molecule has 5 heteroatoms. The van der Waals surface area contributed by atoms with Crippen molar-refractivity contribution in [2.45, 2.75) is 44.2 Å². The summed E-state index contributed by atoms with van der Waals surface area (Å²) in [7, 11) is 0. The van der Waals surface area contributed by atoms with Crippen LogP contribution < -0.4 is 5.32 Å². The van der Waals surface area contributed by atoms with Crippen LogP contribution in [-0.4, -0.2) is 62.4 Å². The molecule has 5 nitrogen and oxygen atoms in total. The van der Waals surface area contributed by atoms with Crippen LogP contribution in [0.3, 0.4) is 0 Å². The molecule has 0 unspecified atom stereocenters. The van der Waals surface area contributed by atoms with E-state index in [4.69, 9.17) is 9.47 Å². The molecule has 3 rings (SSSR count). The van der Waals surface area contributed by atoms with Gasteiger partial charge in [-0.3, -0.25) is 4.79 Å². The summed E-state index contributed by atoms with van der Waals surface area (Å²) < 4.78 is 10.9. The SMILES string of the molecule is O=C(COC[C@H]1CCOC1)N(C[C@@H]1CCCN1)C1CC1. The van der Waals surface area contributed by atoms with Gasteiger partial charge in [0.25, 0.3) is 0 Å². The molecule has 114 valence electrons. The summed E-state index contributed by atoms with van der Waals surface area (Å²) in [4.78, 5) is 14.4. The van der Waals surface area contributed by atoms with Crippen molar-refractivity contribution in [2.24, 2.45) is 5.92 Å². The first-order valence-corrected chi connectivity index (χ1v) is 8.01. The predicted octanol–water partition coefficient (Wildman–Crippen LogP) is 0.783. The molecule has 3 aliphatic rings. The number of carbonyl (C=O) groups excluding carboxylic acids is 1. The lowest BCUT2D eigenvalue weighted by molar-refractivity contribution is -0.137. The van der Waals surface area contributed by atoms with Crippen molar-refractivity contribution in [1.29, 1.82) is 0 Å². The summed E-state index contributed by atoms with van der Waals surface area (Å²) in [6.07, 6.45) is 5.81. The fourth-order valence-electron chi connectivity index (χ4n) is 3.10. The summed E-state index contributed by atoms with van der Waals surface area (Å²) in [5.41, 5.74) is 0. The smallest absolute Gasteiger partial charge is 0.248 e. The van der Waals surface area contributed by atoms with Gasteiger partial charge in [0.15, 0.2) is 0 Å². The van der Waals surface area contributed by atoms with E-state index in [0.29, 0.717) is 24.6 Å². The van der Waals surface area contributed by atoms with Crippen LogP contribution >= 0.6 is 0 Å². The molecule has 2 heterocycles. The minimum atomic E-state index is 0.167. The standard InChI is InChI=1S/C15H26N2O3/c18-15(11-20-10-12-5-7-19-9-12)17(14-3-4-14)8-13-2-1-6-16-13/h12-14,16H,1-11H2/t12-,13-/m0/s1. The fourth-order valence-corrected chi connectivity index (χ4v) is 3.10. The van der Waals surface area contributed by atoms with Crippen LogP contribution in [0.2, 0.25) is 0 Å². The van der Waals surface area contributed by atoms with E-state index in [2.05, 4.69) is 5.32 Å². The number of amides is 1. The molecule has 0 aromatic heterocycles. The normalized spacial score (nSPS) is 29.8. The lowest BCUT2D eigenvalue weighted by atomic mass is 10.1. The Morgan fingerprint density at radius 1 is 1.30 bits per heavy atom. The number of ether oxygens (including phenoxy) is 2. The molecule has 0 radical (unpaired) electrons. The van der Waals surface area contributed by atoms with Crippen molar-refractivity contribution in [3.63, 3.8) is 0 Å². The zero-order valence-electron chi connectivity index (χ0n) is 12.2. The van der Waals surface area contributed by atoms with Crippen molar-refractivity contribution in [3.8, 4) is 0 Å². The summed E-state index contributed by atoms with van der Waals surface area (Å²) >= 11 is 0. The molecule has 1 saturated carbocycles. The van der Waals surface area contributed by atoms with Crippen LogP contribution in [0.5, 0.6) is 0 Å². The maximum Gasteiger partial charge on any atom is 0.248 e. The van der Waals surface area contributed by atoms with E-state index in [1.54, 1.807) is 0 Å². The molecule has 2 saturated heterocycles. The van der Waals surface area contributed by atoms with Gasteiger partial charge in [-0.05, 0) is 38.6 Å². The van der Waals surface area contributed by atoms with Crippen molar-refractivity contribution < 1.29 is 14.3 Å². The highest BCUT2D eigenvalue weighted by molar-refractivity contribution is 5.78. The average molecular weight is 282 g/mol. The van der Waals surface area contributed by atoms with Gasteiger partial charge in [-0.25, -0.2) is 0 Å². The van der Waals surface area contributed by atoms with Gasteiger partial charge in [0.05, 0.1) is 13.2 Å². The number of nitrogens with zero attached hydrogens (tertiary/aromatic N) is 1. The third kappa shape index (κ3) is 3.93. The Morgan fingerprint density at radius 3 is 2.85 bits per heavy atom. The molecule has 1 aliphatic carbocycles. The highest BCUT2D eigenvalue weighted by atomic mass is 16.5. The number of hydrogen-bond donors (Lipinski definition) is 1. The van der Waals surface area contributed by atoms with Crippen LogP contribution in [0.1, 0.15) is 32.1 Å². The maximum absolute atomic E-state index is 12.3. The molecule has 2 atom stereocenters. The quantitative estimate of drug-likeness (QED) is 0.750. The molecular formula is C15H26N2O3. The van der Waals surface area contributed by atoms with Gasteiger partial charge >= 0.3 is 0 Å². The Kier molecular flexibility index (Phi) is 4.91. The highest BCUT2D eigenvalue weighted by Gasteiger charge is 2.34. The molecule has 0 bridgehead atoms. The second kappa shape index (κ2) is 6.87. The third-order valence-corrected chi connectivity index (χ3v) is 4.49. The minimum Gasteiger partial charge on any atom is -0.381 e. The molecule has 3 fully saturated rings. The Bertz CT molecular complexity index is 321. The number of nitrogens with one attached hydrogen (secondary N) is 1. The molecule has 0 aromatic rings. The molecule has 0 spiro atoms. The maximum atomic E-state index is 12.3. The van der Waals surface area contributed by atoms with E-state index in [9.17, 15) is 4.79 Å². The van der Waals surface area contributed by atoms with Crippen LogP contribution in [-0.2, 0) is 14.3 Å². The van der Waals surface area contributed by atoms with Gasteiger partial charge in [-0.2, -0.15) is 0 Å². The zero-order chi connectivity index (χ0) is 13.8. The summed E-state index contributed by atoms with van der Waals surface area (Å²) in [5, 5.41) is 3.47. The van der Waals surface area contributed by atoms with Gasteiger partial charge in [0.1, 0.15) is 6.61 Å². The first-order valence-electron chi connectivity index (χ1n) is 8.01. The molecule has 20 heavy (non-hydrogen) atoms. The topological polar surface area (TPSA) is 50.8 Å². The predicted molar refractivity (Wildman–Crippen MR) is 75.5 cm³/mol. The number of hydrogen-bond acceptors (Lipinski definition) is 4. The monoisotopic (exact) mass is 282 g/mol. The van der Waals surface area contributed by atoms with E-state index in [1.165, 1.54) is 12.8 Å². The Morgan fingerprint density at radius 2 is 2.20 bits per heavy atom. The third-order valence-electron chi connectivity index (χ3n) is 4.49. The lowest BCUT2D eigenvalue weighted by Crippen LogP contribution is -2.44. The van der Waals surface area contributed by atoms with Crippen LogP contribution in [0.15, 0.2) is 0 Å². The first-order chi connectivity index (χ1) is 9.83. The molecule has 0 aromatic carbocycles. The van der Waals surface area contributed by atoms with Crippen molar-refractivity contribution >= 4 is 5.91 Å². The van der Waals surface area contributed by atoms with Crippen LogP contribution in [0, 0.1) is 5.92 Å². The van der Waals surface area contributed by atoms with Crippen molar-refractivity contribution in [2.75, 3.05) is 39.5 Å². The second-order valence-corrected chi connectivity index (χ2v) is 6.32.